The standard InChI is InChI=1S/C11H27B3S/c1-6-10(12,13)9(4,5)11(14,15)7-8(2)3/h8,15H,6-7,12-14H2,1-5H3. The van der Waals surface area contributed by atoms with Gasteiger partial charge >= 0.3 is 0 Å². The summed E-state index contributed by atoms with van der Waals surface area (Å²) >= 11 is 4.95. The van der Waals surface area contributed by atoms with Crippen LogP contribution >= 0.6 is 12.6 Å². The molecule has 0 aliphatic rings. The van der Waals surface area contributed by atoms with Crippen LogP contribution in [-0.4, -0.2) is 28.2 Å². The summed E-state index contributed by atoms with van der Waals surface area (Å²) in [4.78, 5) is 0. The second-order valence-electron chi connectivity index (χ2n) is 6.73. The molecule has 0 aromatic carbocycles. The largest absolute Gasteiger partial charge is 0.181 e. The van der Waals surface area contributed by atoms with Crippen molar-refractivity contribution in [2.24, 2.45) is 11.3 Å². The molecule has 0 aliphatic carbocycles. The monoisotopic (exact) mass is 224 g/mol. The Morgan fingerprint density at radius 1 is 1.13 bits per heavy atom. The number of thiol groups is 1. The Morgan fingerprint density at radius 2 is 1.53 bits per heavy atom. The number of hydrogen-bond acceptors (Lipinski definition) is 1. The summed E-state index contributed by atoms with van der Waals surface area (Å²) in [5.41, 5.74) is 0.238. The van der Waals surface area contributed by atoms with Gasteiger partial charge in [0.15, 0.2) is 0 Å². The molecule has 0 radical (unpaired) electrons. The highest BCUT2D eigenvalue weighted by Crippen LogP contribution is 2.53. The van der Waals surface area contributed by atoms with E-state index in [-0.39, 0.29) is 10.1 Å². The SMILES string of the molecule is BC(B)(CC)C(C)(C)C(B)(S)CC(C)C. The van der Waals surface area contributed by atoms with Crippen LogP contribution < -0.4 is 0 Å². The molecule has 0 aromatic heterocycles. The molecule has 15 heavy (non-hydrogen) atoms. The lowest BCUT2D eigenvalue weighted by atomic mass is 9.36. The average Bonchev–Trinajstić information content (AvgIpc) is 2.01. The van der Waals surface area contributed by atoms with Gasteiger partial charge in [-0.3, -0.25) is 0 Å². The van der Waals surface area contributed by atoms with E-state index in [0.717, 1.165) is 0 Å². The molecule has 0 aliphatic heterocycles. The normalized spacial score (nSPS) is 17.8. The molecular formula is C11H27B3S. The van der Waals surface area contributed by atoms with Crippen molar-refractivity contribution in [3.8, 4) is 0 Å². The highest BCUT2D eigenvalue weighted by molar-refractivity contribution is 7.83. The minimum Gasteiger partial charge on any atom is -0.181 e. The van der Waals surface area contributed by atoms with Crippen molar-refractivity contribution >= 4 is 36.2 Å². The first-order valence-electron chi connectivity index (χ1n) is 6.20. The van der Waals surface area contributed by atoms with E-state index in [1.807, 2.05) is 0 Å². The van der Waals surface area contributed by atoms with Crippen molar-refractivity contribution in [1.29, 1.82) is 0 Å². The first kappa shape index (κ1) is 15.5. The van der Waals surface area contributed by atoms with Crippen LogP contribution in [0.1, 0.15) is 47.5 Å². The van der Waals surface area contributed by atoms with Gasteiger partial charge in [0.05, 0.1) is 15.7 Å². The minimum atomic E-state index is 0.0979. The highest BCUT2D eigenvalue weighted by atomic mass is 32.1. The van der Waals surface area contributed by atoms with Gasteiger partial charge in [0.1, 0.15) is 7.85 Å². The van der Waals surface area contributed by atoms with Crippen LogP contribution in [0.2, 0.25) is 5.21 Å². The topological polar surface area (TPSA) is 0 Å². The van der Waals surface area contributed by atoms with Crippen molar-refractivity contribution in [2.45, 2.75) is 57.3 Å². The fourth-order valence-electron chi connectivity index (χ4n) is 2.22. The third-order valence-corrected chi connectivity index (χ3v) is 5.47. The number of rotatable bonds is 5. The van der Waals surface area contributed by atoms with Crippen LogP contribution in [0.15, 0.2) is 0 Å². The van der Waals surface area contributed by atoms with Gasteiger partial charge in [0.2, 0.25) is 0 Å². The third-order valence-electron chi connectivity index (χ3n) is 4.73. The van der Waals surface area contributed by atoms with Crippen LogP contribution in [0.5, 0.6) is 0 Å². The minimum absolute atomic E-state index is 0.0979. The summed E-state index contributed by atoms with van der Waals surface area (Å²) in [5, 5.41) is 0.332. The van der Waals surface area contributed by atoms with Gasteiger partial charge in [-0.15, -0.1) is 0 Å². The molecule has 4 heteroatoms. The predicted octanol–water partition coefficient (Wildman–Crippen LogP) is 1.11. The van der Waals surface area contributed by atoms with Crippen LogP contribution in [0.3, 0.4) is 0 Å². The smallest absolute Gasteiger partial charge is 0.122 e. The Morgan fingerprint density at radius 3 is 1.80 bits per heavy atom. The molecular weight excluding hydrogens is 197 g/mol. The van der Waals surface area contributed by atoms with Crippen molar-refractivity contribution in [3.05, 3.63) is 0 Å². The van der Waals surface area contributed by atoms with E-state index in [1.54, 1.807) is 0 Å². The quantitative estimate of drug-likeness (QED) is 0.524. The number of hydrogen-bond donors (Lipinski definition) is 1. The van der Waals surface area contributed by atoms with Crippen molar-refractivity contribution in [3.63, 3.8) is 0 Å². The molecule has 86 valence electrons. The zero-order valence-electron chi connectivity index (χ0n) is 11.9. The Balaban J connectivity index is 5.00. The van der Waals surface area contributed by atoms with Gasteiger partial charge < -0.3 is 0 Å². The molecule has 0 nitrogen and oxygen atoms in total. The first-order chi connectivity index (χ1) is 6.48. The Hall–Kier alpha value is 0.545. The van der Waals surface area contributed by atoms with Crippen molar-refractivity contribution in [2.75, 3.05) is 0 Å². The van der Waals surface area contributed by atoms with E-state index in [0.29, 0.717) is 11.1 Å². The van der Waals surface area contributed by atoms with E-state index >= 15 is 0 Å². The van der Waals surface area contributed by atoms with Crippen LogP contribution in [0.25, 0.3) is 0 Å². The molecule has 1 unspecified atom stereocenters. The maximum absolute atomic E-state index is 4.95. The summed E-state index contributed by atoms with van der Waals surface area (Å²) in [7, 11) is 7.02. The average molecular weight is 224 g/mol. The van der Waals surface area contributed by atoms with Gasteiger partial charge in [-0.05, 0) is 22.4 Å². The zero-order valence-corrected chi connectivity index (χ0v) is 12.8. The van der Waals surface area contributed by atoms with Crippen molar-refractivity contribution in [1.82, 2.24) is 0 Å². The maximum Gasteiger partial charge on any atom is 0.122 e. The van der Waals surface area contributed by atoms with Gasteiger partial charge in [-0.2, -0.15) is 12.6 Å². The fraction of sp³-hybridized carbons (Fsp3) is 1.00. The maximum atomic E-state index is 4.95. The highest BCUT2D eigenvalue weighted by Gasteiger charge is 2.46. The third kappa shape index (κ3) is 3.25. The molecule has 0 fully saturated rings. The van der Waals surface area contributed by atoms with E-state index in [9.17, 15) is 0 Å². The summed E-state index contributed by atoms with van der Waals surface area (Å²) in [6, 6.07) is 0. The van der Waals surface area contributed by atoms with E-state index in [2.05, 4.69) is 58.2 Å². The Labute approximate surface area is 105 Å². The summed E-state index contributed by atoms with van der Waals surface area (Å²) in [6.45, 7) is 11.6. The summed E-state index contributed by atoms with van der Waals surface area (Å²) in [6.07, 6.45) is 2.38. The van der Waals surface area contributed by atoms with Gasteiger partial charge in [-0.25, -0.2) is 0 Å². The first-order valence-corrected chi connectivity index (χ1v) is 6.65. The molecule has 0 saturated carbocycles. The molecule has 0 N–H and O–H groups in total. The van der Waals surface area contributed by atoms with Crippen LogP contribution in [-0.2, 0) is 0 Å². The summed E-state index contributed by atoms with van der Waals surface area (Å²) in [5.74, 6) is 0.708. The van der Waals surface area contributed by atoms with Gasteiger partial charge in [0.25, 0.3) is 0 Å². The van der Waals surface area contributed by atoms with E-state index in [1.165, 1.54) is 12.8 Å². The van der Waals surface area contributed by atoms with Crippen LogP contribution in [0, 0.1) is 11.3 Å². The molecule has 0 rings (SSSR count). The summed E-state index contributed by atoms with van der Waals surface area (Å²) < 4.78 is 0.0979. The molecule has 0 bridgehead atoms. The molecule has 0 amide bonds. The second kappa shape index (κ2) is 4.81. The Bertz CT molecular complexity index is 210. The fourth-order valence-corrected chi connectivity index (χ4v) is 2.89. The molecule has 0 saturated heterocycles. The van der Waals surface area contributed by atoms with Crippen LogP contribution in [0.4, 0.5) is 0 Å². The van der Waals surface area contributed by atoms with Crippen molar-refractivity contribution < 1.29 is 0 Å². The van der Waals surface area contributed by atoms with Gasteiger partial charge in [0, 0.05) is 0 Å². The predicted molar refractivity (Wildman–Crippen MR) is 83.6 cm³/mol. The molecule has 0 heterocycles. The molecule has 0 spiro atoms. The molecule has 1 atom stereocenters. The lowest BCUT2D eigenvalue weighted by molar-refractivity contribution is 0.240. The van der Waals surface area contributed by atoms with E-state index in [4.69, 9.17) is 12.6 Å². The van der Waals surface area contributed by atoms with Gasteiger partial charge in [-0.1, -0.05) is 46.3 Å². The lowest BCUT2D eigenvalue weighted by Crippen LogP contribution is -2.49. The van der Waals surface area contributed by atoms with E-state index < -0.39 is 0 Å². The molecule has 0 aromatic rings. The second-order valence-corrected chi connectivity index (χ2v) is 7.72. The lowest BCUT2D eigenvalue weighted by Gasteiger charge is -2.53. The zero-order chi connectivity index (χ0) is 12.5. The Kier molecular flexibility index (Phi) is 4.99.